The second-order valence-electron chi connectivity index (χ2n) is 12.6. The lowest BCUT2D eigenvalue weighted by atomic mass is 9.58. The normalized spacial score (nSPS) is 38.5. The third-order valence-electron chi connectivity index (χ3n) is 9.73. The highest BCUT2D eigenvalue weighted by Gasteiger charge is 2.69. The van der Waals surface area contributed by atoms with Gasteiger partial charge in [0.1, 0.15) is 5.75 Å². The van der Waals surface area contributed by atoms with E-state index in [-0.39, 0.29) is 17.6 Å². The molecule has 5 aliphatic heterocycles. The van der Waals surface area contributed by atoms with Gasteiger partial charge in [-0.2, -0.15) is 0 Å². The smallest absolute Gasteiger partial charge is 0.406 e. The van der Waals surface area contributed by atoms with Gasteiger partial charge in [0.05, 0.1) is 13.2 Å². The van der Waals surface area contributed by atoms with E-state index in [0.29, 0.717) is 36.6 Å². The molecule has 1 aromatic rings. The third kappa shape index (κ3) is 5.97. The summed E-state index contributed by atoms with van der Waals surface area (Å²) >= 11 is 0. The van der Waals surface area contributed by atoms with E-state index in [2.05, 4.69) is 28.8 Å². The van der Waals surface area contributed by atoms with Gasteiger partial charge in [0.15, 0.2) is 24.1 Å². The number of likely N-dealkylation sites (tertiary alicyclic amines) is 1. The Balaban J connectivity index is 1.11. The number of anilines is 1. The number of nitrogens with zero attached hydrogens (tertiary/aromatic N) is 2. The van der Waals surface area contributed by atoms with Gasteiger partial charge >= 0.3 is 6.36 Å². The number of alkyl halides is 3. The van der Waals surface area contributed by atoms with Crippen molar-refractivity contribution in [3.05, 3.63) is 24.3 Å². The minimum Gasteiger partial charge on any atom is -0.406 e. The summed E-state index contributed by atoms with van der Waals surface area (Å²) in [6.45, 7) is 8.80. The fraction of sp³-hybridized carbons (Fsp3) is 0.767. The van der Waals surface area contributed by atoms with Crippen LogP contribution in [0, 0.1) is 23.7 Å². The monoisotopic (exact) mass is 597 g/mol. The Morgan fingerprint density at radius 2 is 1.81 bits per heavy atom. The molecular weight excluding hydrogens is 555 g/mol. The van der Waals surface area contributed by atoms with E-state index in [4.69, 9.17) is 29.0 Å². The Kier molecular flexibility index (Phi) is 8.38. The van der Waals surface area contributed by atoms with Crippen LogP contribution in [0.1, 0.15) is 65.7 Å². The zero-order chi connectivity index (χ0) is 29.5. The van der Waals surface area contributed by atoms with Crippen molar-refractivity contribution in [3.8, 4) is 5.75 Å². The summed E-state index contributed by atoms with van der Waals surface area (Å²) in [7, 11) is 0. The first kappa shape index (κ1) is 29.9. The van der Waals surface area contributed by atoms with Crippen LogP contribution in [0.25, 0.3) is 0 Å². The van der Waals surface area contributed by atoms with E-state index < -0.39 is 30.3 Å². The summed E-state index contributed by atoms with van der Waals surface area (Å²) in [6, 6.07) is 5.68. The molecule has 6 aliphatic rings. The number of nitrogens with one attached hydrogen (secondary N) is 1. The average molecular weight is 598 g/mol. The SMILES string of the molecule is C[C@H]1[C@@H](OCCN=C(Nc2ccc(OC(F)(F)F)cc2)N2CCCCC2)O[C@@H]2O[C@]3(C)CC[C@H]4[C@H](C)CC[C@@H]1C24OO3. The number of hydrogen-bond donors (Lipinski definition) is 1. The fourth-order valence-electron chi connectivity index (χ4n) is 7.58. The molecule has 5 heterocycles. The Labute approximate surface area is 244 Å². The van der Waals surface area contributed by atoms with Crippen molar-refractivity contribution in [2.75, 3.05) is 31.6 Å². The van der Waals surface area contributed by atoms with E-state index in [1.54, 1.807) is 12.1 Å². The second kappa shape index (κ2) is 11.8. The number of halogens is 3. The molecule has 8 atom stereocenters. The molecule has 0 aromatic heterocycles. The number of hydrogen-bond acceptors (Lipinski definition) is 7. The Bertz CT molecular complexity index is 1120. The molecule has 1 saturated carbocycles. The highest BCUT2D eigenvalue weighted by molar-refractivity contribution is 5.93. The standard InChI is InChI=1S/C30H42F3N3O6/c1-19-7-12-24-20(2)25(38-26-29(24)23(19)13-14-28(3,40-26)41-42-29)37-18-15-34-27(36-16-5-4-6-17-36)35-21-8-10-22(11-9-21)39-30(31,32)33/h8-11,19-20,23-26H,4-7,12-18H2,1-3H3,(H,34,35)/t19-,20-,23+,24+,25+,26-,28+,29?/m1/s1. The van der Waals surface area contributed by atoms with Crippen LogP contribution in [0.15, 0.2) is 29.3 Å². The van der Waals surface area contributed by atoms with Crippen LogP contribution < -0.4 is 10.1 Å². The van der Waals surface area contributed by atoms with Crippen molar-refractivity contribution in [2.45, 2.75) is 96.0 Å². The zero-order valence-corrected chi connectivity index (χ0v) is 24.5. The molecule has 12 heteroatoms. The molecule has 0 amide bonds. The minimum atomic E-state index is -4.73. The van der Waals surface area contributed by atoms with Crippen LogP contribution in [-0.4, -0.2) is 67.4 Å². The number of aliphatic imine (C=N–C) groups is 1. The van der Waals surface area contributed by atoms with Gasteiger partial charge in [-0.05, 0) is 81.5 Å². The molecule has 1 N–H and O–H groups in total. The van der Waals surface area contributed by atoms with Crippen LogP contribution in [0.4, 0.5) is 18.9 Å². The maximum Gasteiger partial charge on any atom is 0.573 e. The highest BCUT2D eigenvalue weighted by Crippen LogP contribution is 2.60. The van der Waals surface area contributed by atoms with Gasteiger partial charge in [0.2, 0.25) is 5.79 Å². The zero-order valence-electron chi connectivity index (χ0n) is 24.5. The average Bonchev–Trinajstić information content (AvgIpc) is 3.19. The van der Waals surface area contributed by atoms with E-state index in [1.165, 1.54) is 12.1 Å². The molecule has 9 nitrogen and oxygen atoms in total. The lowest BCUT2D eigenvalue weighted by molar-refractivity contribution is -0.577. The van der Waals surface area contributed by atoms with Gasteiger partial charge in [-0.3, -0.25) is 4.99 Å². The summed E-state index contributed by atoms with van der Waals surface area (Å²) in [6.07, 6.45) is 1.37. The van der Waals surface area contributed by atoms with Crippen molar-refractivity contribution in [2.24, 2.45) is 28.7 Å². The minimum absolute atomic E-state index is 0.0759. The lowest BCUT2D eigenvalue weighted by Gasteiger charge is -2.60. The number of benzene rings is 1. The summed E-state index contributed by atoms with van der Waals surface area (Å²) in [5.74, 6) is 0.622. The number of rotatable bonds is 6. The molecule has 42 heavy (non-hydrogen) atoms. The number of ether oxygens (including phenoxy) is 4. The summed E-state index contributed by atoms with van der Waals surface area (Å²) in [5.41, 5.74) is -0.00129. The van der Waals surface area contributed by atoms with E-state index in [0.717, 1.165) is 58.0 Å². The van der Waals surface area contributed by atoms with E-state index in [1.807, 2.05) is 6.92 Å². The van der Waals surface area contributed by atoms with Crippen LogP contribution >= 0.6 is 0 Å². The molecule has 1 aromatic carbocycles. The molecule has 5 saturated heterocycles. The highest BCUT2D eigenvalue weighted by atomic mass is 19.4. The second-order valence-corrected chi connectivity index (χ2v) is 12.6. The van der Waals surface area contributed by atoms with E-state index >= 15 is 0 Å². The van der Waals surface area contributed by atoms with E-state index in [9.17, 15) is 13.2 Å². The first-order valence-corrected chi connectivity index (χ1v) is 15.3. The Morgan fingerprint density at radius 3 is 2.55 bits per heavy atom. The maximum absolute atomic E-state index is 12.6. The number of piperidine rings is 1. The number of fused-ring (bicyclic) bond motifs is 2. The first-order valence-electron chi connectivity index (χ1n) is 15.3. The molecule has 2 bridgehead atoms. The van der Waals surface area contributed by atoms with Crippen molar-refractivity contribution in [1.29, 1.82) is 0 Å². The summed E-state index contributed by atoms with van der Waals surface area (Å²) in [5, 5.41) is 3.29. The molecule has 234 valence electrons. The van der Waals surface area contributed by atoms with Gasteiger partial charge in [-0.1, -0.05) is 13.8 Å². The predicted octanol–water partition coefficient (Wildman–Crippen LogP) is 6.06. The lowest BCUT2D eigenvalue weighted by Crippen LogP contribution is -2.70. The van der Waals surface area contributed by atoms with Crippen LogP contribution in [0.3, 0.4) is 0 Å². The Morgan fingerprint density at radius 1 is 1.05 bits per heavy atom. The maximum atomic E-state index is 12.6. The topological polar surface area (TPSA) is 83.0 Å². The molecule has 1 aliphatic carbocycles. The van der Waals surface area contributed by atoms with Crippen molar-refractivity contribution >= 4 is 11.6 Å². The predicted molar refractivity (Wildman–Crippen MR) is 147 cm³/mol. The van der Waals surface area contributed by atoms with Crippen molar-refractivity contribution in [1.82, 2.24) is 4.90 Å². The third-order valence-corrected chi connectivity index (χ3v) is 9.73. The first-order chi connectivity index (χ1) is 20.1. The molecule has 1 unspecified atom stereocenters. The molecular formula is C30H42F3N3O6. The van der Waals surface area contributed by atoms with Crippen LogP contribution in [-0.2, 0) is 24.0 Å². The quantitative estimate of drug-likeness (QED) is 0.183. The fourth-order valence-corrected chi connectivity index (χ4v) is 7.58. The molecule has 1 spiro atoms. The number of guanidine groups is 1. The Hall–Kier alpha value is -2.12. The molecule has 6 fully saturated rings. The van der Waals surface area contributed by atoms with Gasteiger partial charge in [-0.15, -0.1) is 13.2 Å². The van der Waals surface area contributed by atoms with Gasteiger partial charge in [0.25, 0.3) is 0 Å². The van der Waals surface area contributed by atoms with Gasteiger partial charge < -0.3 is 29.2 Å². The van der Waals surface area contributed by atoms with Crippen LogP contribution in [0.5, 0.6) is 5.75 Å². The van der Waals surface area contributed by atoms with Crippen molar-refractivity contribution < 1.29 is 41.9 Å². The van der Waals surface area contributed by atoms with Gasteiger partial charge in [0, 0.05) is 37.0 Å². The summed E-state index contributed by atoms with van der Waals surface area (Å²) in [4.78, 5) is 19.1. The largest absolute Gasteiger partial charge is 0.573 e. The molecule has 0 radical (unpaired) electrons. The van der Waals surface area contributed by atoms with Crippen molar-refractivity contribution in [3.63, 3.8) is 0 Å². The van der Waals surface area contributed by atoms with Crippen LogP contribution in [0.2, 0.25) is 0 Å². The van der Waals surface area contributed by atoms with Gasteiger partial charge in [-0.25, -0.2) is 9.78 Å². The summed E-state index contributed by atoms with van der Waals surface area (Å²) < 4.78 is 60.9. The molecule has 7 rings (SSSR count).